The van der Waals surface area contributed by atoms with Crippen molar-refractivity contribution in [3.63, 3.8) is 0 Å². The summed E-state index contributed by atoms with van der Waals surface area (Å²) in [6.07, 6.45) is 8.16. The molecule has 2 aromatic rings. The van der Waals surface area contributed by atoms with Crippen LogP contribution < -0.4 is 4.90 Å². The molecule has 2 aliphatic rings. The Balaban J connectivity index is 1.55. The predicted octanol–water partition coefficient (Wildman–Crippen LogP) is 1.96. The number of hydrogen-bond donors (Lipinski definition) is 0. The minimum Gasteiger partial charge on any atom is -0.419 e. The number of ether oxygens (including phenoxy) is 1. The molecule has 0 radical (unpaired) electrons. The largest absolute Gasteiger partial charge is 0.419 e. The van der Waals surface area contributed by atoms with E-state index in [1.54, 1.807) is 17.0 Å². The molecule has 9 nitrogen and oxygen atoms in total. The summed E-state index contributed by atoms with van der Waals surface area (Å²) in [5, 5.41) is 0.423. The Hall–Kier alpha value is -3.22. The van der Waals surface area contributed by atoms with Gasteiger partial charge < -0.3 is 9.64 Å². The first-order valence-electron chi connectivity index (χ1n) is 9.41. The van der Waals surface area contributed by atoms with Crippen LogP contribution in [0.3, 0.4) is 0 Å². The summed E-state index contributed by atoms with van der Waals surface area (Å²) < 4.78 is 5.72. The quantitative estimate of drug-likeness (QED) is 0.693. The molecule has 2 aliphatic heterocycles. The van der Waals surface area contributed by atoms with Crippen LogP contribution in [0, 0.1) is 12.3 Å². The zero-order valence-corrected chi connectivity index (χ0v) is 17.0. The van der Waals surface area contributed by atoms with Gasteiger partial charge in [-0.15, -0.1) is 6.42 Å². The fraction of sp³-hybridized carbons (Fsp3) is 0.350. The predicted molar refractivity (Wildman–Crippen MR) is 109 cm³/mol. The van der Waals surface area contributed by atoms with Crippen LogP contribution in [0.1, 0.15) is 29.3 Å². The number of pyridine rings is 1. The fourth-order valence-electron chi connectivity index (χ4n) is 3.45. The monoisotopic (exact) mass is 426 g/mol. The third-order valence-corrected chi connectivity index (χ3v) is 5.37. The van der Waals surface area contributed by atoms with Gasteiger partial charge in [0.15, 0.2) is 5.69 Å². The number of carbonyl (C=O) groups excluding carboxylic acids is 2. The molecule has 4 rings (SSSR count). The first kappa shape index (κ1) is 20.1. The second kappa shape index (κ2) is 8.26. The van der Waals surface area contributed by atoms with E-state index in [4.69, 9.17) is 22.8 Å². The maximum Gasteiger partial charge on any atom is 0.412 e. The second-order valence-electron chi connectivity index (χ2n) is 6.90. The highest BCUT2D eigenvalue weighted by Crippen LogP contribution is 2.35. The SMILES string of the molecule is C#CC(C)N1CCN(C(=O)O[C@H]2c3nccnc3C(=O)N2c2ccc(Cl)cn2)CC1. The molecule has 0 bridgehead atoms. The number of amides is 2. The van der Waals surface area contributed by atoms with Gasteiger partial charge in [-0.2, -0.15) is 0 Å². The Labute approximate surface area is 178 Å². The van der Waals surface area contributed by atoms with Crippen LogP contribution in [-0.4, -0.2) is 69.0 Å². The van der Waals surface area contributed by atoms with Crippen molar-refractivity contribution >= 4 is 29.4 Å². The summed E-state index contributed by atoms with van der Waals surface area (Å²) in [6, 6.07) is 3.18. The Morgan fingerprint density at radius 1 is 1.23 bits per heavy atom. The number of carbonyl (C=O) groups is 2. The average Bonchev–Trinajstić information content (AvgIpc) is 3.05. The topological polar surface area (TPSA) is 91.8 Å². The van der Waals surface area contributed by atoms with Crippen LogP contribution in [0.4, 0.5) is 10.6 Å². The van der Waals surface area contributed by atoms with Crippen molar-refractivity contribution in [1.82, 2.24) is 24.8 Å². The molecule has 0 saturated carbocycles. The average molecular weight is 427 g/mol. The van der Waals surface area contributed by atoms with Gasteiger partial charge in [0.1, 0.15) is 11.5 Å². The zero-order valence-electron chi connectivity index (χ0n) is 16.2. The number of hydrogen-bond acceptors (Lipinski definition) is 7. The smallest absolute Gasteiger partial charge is 0.412 e. The molecule has 2 atom stereocenters. The molecule has 10 heteroatoms. The highest BCUT2D eigenvalue weighted by atomic mass is 35.5. The first-order valence-corrected chi connectivity index (χ1v) is 9.79. The summed E-state index contributed by atoms with van der Waals surface area (Å²) in [5.74, 6) is 2.54. The fourth-order valence-corrected chi connectivity index (χ4v) is 3.56. The van der Waals surface area contributed by atoms with Gasteiger partial charge in [0, 0.05) is 44.8 Å². The second-order valence-corrected chi connectivity index (χ2v) is 7.34. The van der Waals surface area contributed by atoms with Crippen molar-refractivity contribution in [2.24, 2.45) is 0 Å². The molecule has 0 spiro atoms. The van der Waals surface area contributed by atoms with Gasteiger partial charge in [-0.3, -0.25) is 14.7 Å². The van der Waals surface area contributed by atoms with Crippen LogP contribution in [0.15, 0.2) is 30.7 Å². The highest BCUT2D eigenvalue weighted by molar-refractivity contribution is 6.30. The van der Waals surface area contributed by atoms with Gasteiger partial charge >= 0.3 is 6.09 Å². The molecular formula is C20H19ClN6O3. The van der Waals surface area contributed by atoms with E-state index in [1.165, 1.54) is 23.5 Å². The van der Waals surface area contributed by atoms with Gasteiger partial charge in [0.05, 0.1) is 11.1 Å². The summed E-state index contributed by atoms with van der Waals surface area (Å²) in [5.41, 5.74) is 0.395. The van der Waals surface area contributed by atoms with Gasteiger partial charge in [-0.05, 0) is 19.1 Å². The summed E-state index contributed by atoms with van der Waals surface area (Å²) in [7, 11) is 0. The molecule has 0 N–H and O–H groups in total. The molecule has 2 amide bonds. The van der Waals surface area contributed by atoms with Gasteiger partial charge in [-0.1, -0.05) is 17.5 Å². The molecule has 154 valence electrons. The van der Waals surface area contributed by atoms with Crippen molar-refractivity contribution in [1.29, 1.82) is 0 Å². The highest BCUT2D eigenvalue weighted by Gasteiger charge is 2.44. The van der Waals surface area contributed by atoms with E-state index in [0.717, 1.165) is 0 Å². The molecule has 1 fully saturated rings. The maximum absolute atomic E-state index is 12.9. The van der Waals surface area contributed by atoms with E-state index >= 15 is 0 Å². The molecule has 0 aromatic carbocycles. The number of fused-ring (bicyclic) bond motifs is 1. The number of piperazine rings is 1. The number of aromatic nitrogens is 3. The Morgan fingerprint density at radius 3 is 2.63 bits per heavy atom. The third kappa shape index (κ3) is 3.67. The van der Waals surface area contributed by atoms with Gasteiger partial charge in [-0.25, -0.2) is 19.7 Å². The Bertz CT molecular complexity index is 1000. The lowest BCUT2D eigenvalue weighted by Crippen LogP contribution is -2.51. The van der Waals surface area contributed by atoms with E-state index in [9.17, 15) is 9.59 Å². The molecular weight excluding hydrogens is 408 g/mol. The standard InChI is InChI=1S/C20H19ClN6O3/c1-3-13(2)25-8-10-26(11-9-25)20(29)30-19-17-16(22-6-7-23-17)18(28)27(19)15-5-4-14(21)12-24-15/h1,4-7,12-13,19H,8-11H2,2H3/t13?,19-/m0/s1. The number of anilines is 1. The van der Waals surface area contributed by atoms with E-state index in [1.807, 2.05) is 6.92 Å². The number of nitrogens with zero attached hydrogens (tertiary/aromatic N) is 6. The van der Waals surface area contributed by atoms with Crippen molar-refractivity contribution < 1.29 is 14.3 Å². The van der Waals surface area contributed by atoms with Crippen molar-refractivity contribution in [3.05, 3.63) is 47.1 Å². The molecule has 30 heavy (non-hydrogen) atoms. The number of terminal acetylenes is 1. The van der Waals surface area contributed by atoms with E-state index in [2.05, 4.69) is 25.8 Å². The third-order valence-electron chi connectivity index (χ3n) is 5.15. The lowest BCUT2D eigenvalue weighted by molar-refractivity contribution is 0.0425. The Morgan fingerprint density at radius 2 is 1.97 bits per heavy atom. The normalized spacial score (nSPS) is 19.9. The van der Waals surface area contributed by atoms with Crippen LogP contribution in [0.2, 0.25) is 5.02 Å². The number of rotatable bonds is 3. The van der Waals surface area contributed by atoms with Crippen LogP contribution in [0.5, 0.6) is 0 Å². The lowest BCUT2D eigenvalue weighted by Gasteiger charge is -2.36. The van der Waals surface area contributed by atoms with E-state index in [0.29, 0.717) is 31.2 Å². The summed E-state index contributed by atoms with van der Waals surface area (Å²) in [4.78, 5) is 43.3. The molecule has 2 aromatic heterocycles. The molecule has 1 saturated heterocycles. The minimum absolute atomic E-state index is 0.00393. The minimum atomic E-state index is -1.06. The van der Waals surface area contributed by atoms with Crippen LogP contribution >= 0.6 is 11.6 Å². The summed E-state index contributed by atoms with van der Waals surface area (Å²) >= 11 is 5.91. The maximum atomic E-state index is 12.9. The molecule has 1 unspecified atom stereocenters. The van der Waals surface area contributed by atoms with E-state index < -0.39 is 18.2 Å². The van der Waals surface area contributed by atoms with Crippen molar-refractivity contribution in [2.75, 3.05) is 31.1 Å². The van der Waals surface area contributed by atoms with Crippen LogP contribution in [0.25, 0.3) is 0 Å². The number of halogens is 1. The molecule has 4 heterocycles. The molecule has 0 aliphatic carbocycles. The Kier molecular flexibility index (Phi) is 5.53. The van der Waals surface area contributed by atoms with Gasteiger partial charge in [0.25, 0.3) is 5.91 Å². The van der Waals surface area contributed by atoms with Crippen molar-refractivity contribution in [3.8, 4) is 12.3 Å². The lowest BCUT2D eigenvalue weighted by atomic mass is 10.2. The van der Waals surface area contributed by atoms with Crippen LogP contribution in [-0.2, 0) is 4.74 Å². The van der Waals surface area contributed by atoms with Crippen molar-refractivity contribution in [2.45, 2.75) is 19.2 Å². The zero-order chi connectivity index (χ0) is 21.3. The van der Waals surface area contributed by atoms with E-state index in [-0.39, 0.29) is 23.2 Å². The summed E-state index contributed by atoms with van der Waals surface area (Å²) in [6.45, 7) is 4.17. The first-order chi connectivity index (χ1) is 14.5. The van der Waals surface area contributed by atoms with Gasteiger partial charge in [0.2, 0.25) is 6.23 Å².